The Morgan fingerprint density at radius 3 is 2.91 bits per heavy atom. The molecule has 1 aromatic heterocycles. The highest BCUT2D eigenvalue weighted by molar-refractivity contribution is 5.79. The van der Waals surface area contributed by atoms with Crippen molar-refractivity contribution >= 4 is 17.0 Å². The van der Waals surface area contributed by atoms with Crippen LogP contribution >= 0.6 is 0 Å². The molecule has 23 heavy (non-hydrogen) atoms. The SMILES string of the molecule is CCNC(=NCCCc1nc2ccccc2[nH]1)NCCCOC. The first kappa shape index (κ1) is 17.3. The molecule has 0 amide bonds. The quantitative estimate of drug-likeness (QED) is 0.376. The summed E-state index contributed by atoms with van der Waals surface area (Å²) in [6, 6.07) is 8.11. The number of H-pyrrole nitrogens is 1. The van der Waals surface area contributed by atoms with Gasteiger partial charge >= 0.3 is 0 Å². The van der Waals surface area contributed by atoms with Crippen LogP contribution in [-0.4, -0.2) is 49.3 Å². The number of fused-ring (bicyclic) bond motifs is 1. The number of nitrogens with zero attached hydrogens (tertiary/aromatic N) is 2. The maximum Gasteiger partial charge on any atom is 0.191 e. The van der Waals surface area contributed by atoms with Crippen molar-refractivity contribution in [3.8, 4) is 0 Å². The van der Waals surface area contributed by atoms with Gasteiger partial charge in [-0.15, -0.1) is 0 Å². The summed E-state index contributed by atoms with van der Waals surface area (Å²) < 4.78 is 5.05. The third-order valence-electron chi connectivity index (χ3n) is 3.44. The van der Waals surface area contributed by atoms with Gasteiger partial charge in [0.25, 0.3) is 0 Å². The third kappa shape index (κ3) is 5.90. The van der Waals surface area contributed by atoms with Gasteiger partial charge < -0.3 is 20.4 Å². The van der Waals surface area contributed by atoms with Crippen LogP contribution in [0.1, 0.15) is 25.6 Å². The number of aromatic amines is 1. The maximum atomic E-state index is 5.05. The molecule has 0 fully saturated rings. The van der Waals surface area contributed by atoms with Gasteiger partial charge in [-0.1, -0.05) is 12.1 Å². The van der Waals surface area contributed by atoms with Gasteiger partial charge in [-0.2, -0.15) is 0 Å². The number of para-hydroxylation sites is 2. The van der Waals surface area contributed by atoms with E-state index in [9.17, 15) is 0 Å². The Bertz CT molecular complexity index is 575. The molecule has 2 rings (SSSR count). The van der Waals surface area contributed by atoms with Crippen molar-refractivity contribution in [1.82, 2.24) is 20.6 Å². The van der Waals surface area contributed by atoms with E-state index in [1.165, 1.54) is 0 Å². The van der Waals surface area contributed by atoms with Gasteiger partial charge in [0, 0.05) is 39.8 Å². The molecule has 0 radical (unpaired) electrons. The minimum Gasteiger partial charge on any atom is -0.385 e. The molecule has 0 bridgehead atoms. The summed E-state index contributed by atoms with van der Waals surface area (Å²) in [7, 11) is 1.72. The van der Waals surface area contributed by atoms with Crippen molar-refractivity contribution in [2.24, 2.45) is 4.99 Å². The average molecular weight is 317 g/mol. The largest absolute Gasteiger partial charge is 0.385 e. The molecule has 0 saturated heterocycles. The summed E-state index contributed by atoms with van der Waals surface area (Å²) in [5, 5.41) is 6.57. The van der Waals surface area contributed by atoms with Crippen LogP contribution in [0.5, 0.6) is 0 Å². The minimum absolute atomic E-state index is 0.762. The number of rotatable bonds is 9. The van der Waals surface area contributed by atoms with Crippen LogP contribution in [-0.2, 0) is 11.2 Å². The Hall–Kier alpha value is -2.08. The van der Waals surface area contributed by atoms with E-state index in [-0.39, 0.29) is 0 Å². The number of hydrogen-bond acceptors (Lipinski definition) is 3. The molecule has 0 unspecified atom stereocenters. The zero-order valence-corrected chi connectivity index (χ0v) is 14.1. The monoisotopic (exact) mass is 317 g/mol. The molecule has 0 aliphatic carbocycles. The predicted molar refractivity (Wildman–Crippen MR) is 94.9 cm³/mol. The number of aliphatic imine (C=N–C) groups is 1. The first-order valence-corrected chi connectivity index (χ1v) is 8.28. The van der Waals surface area contributed by atoms with Gasteiger partial charge in [-0.3, -0.25) is 4.99 Å². The highest BCUT2D eigenvalue weighted by Gasteiger charge is 2.02. The van der Waals surface area contributed by atoms with E-state index >= 15 is 0 Å². The number of guanidine groups is 1. The van der Waals surface area contributed by atoms with Crippen LogP contribution in [0.15, 0.2) is 29.3 Å². The lowest BCUT2D eigenvalue weighted by Crippen LogP contribution is -2.38. The van der Waals surface area contributed by atoms with Crippen molar-refractivity contribution in [3.05, 3.63) is 30.1 Å². The third-order valence-corrected chi connectivity index (χ3v) is 3.44. The topological polar surface area (TPSA) is 74.3 Å². The Morgan fingerprint density at radius 2 is 2.13 bits per heavy atom. The molecule has 6 heteroatoms. The van der Waals surface area contributed by atoms with Gasteiger partial charge in [-0.25, -0.2) is 4.98 Å². The van der Waals surface area contributed by atoms with Crippen LogP contribution in [0, 0.1) is 0 Å². The van der Waals surface area contributed by atoms with Crippen molar-refractivity contribution < 1.29 is 4.74 Å². The summed E-state index contributed by atoms with van der Waals surface area (Å²) in [5.41, 5.74) is 2.12. The number of aromatic nitrogens is 2. The summed E-state index contributed by atoms with van der Waals surface area (Å²) in [6.45, 7) is 5.33. The Labute approximate surface area is 137 Å². The van der Waals surface area contributed by atoms with E-state index < -0.39 is 0 Å². The molecule has 1 aromatic carbocycles. The van der Waals surface area contributed by atoms with E-state index in [4.69, 9.17) is 4.74 Å². The fraction of sp³-hybridized carbons (Fsp3) is 0.529. The number of methoxy groups -OCH3 is 1. The second-order valence-corrected chi connectivity index (χ2v) is 5.34. The second kappa shape index (κ2) is 9.84. The lowest BCUT2D eigenvalue weighted by molar-refractivity contribution is 0.195. The number of hydrogen-bond donors (Lipinski definition) is 3. The highest BCUT2D eigenvalue weighted by Crippen LogP contribution is 2.11. The molecular weight excluding hydrogens is 290 g/mol. The van der Waals surface area contributed by atoms with Crippen molar-refractivity contribution in [1.29, 1.82) is 0 Å². The smallest absolute Gasteiger partial charge is 0.191 e. The van der Waals surface area contributed by atoms with Crippen molar-refractivity contribution in [2.75, 3.05) is 33.4 Å². The maximum absolute atomic E-state index is 5.05. The Morgan fingerprint density at radius 1 is 1.26 bits per heavy atom. The van der Waals surface area contributed by atoms with E-state index in [2.05, 4.69) is 38.6 Å². The number of nitrogens with one attached hydrogen (secondary N) is 3. The second-order valence-electron chi connectivity index (χ2n) is 5.34. The Kier molecular flexibility index (Phi) is 7.39. The standard InChI is InChI=1S/C17H27N5O/c1-3-18-17(20-12-7-13-23-2)19-11-6-10-16-21-14-8-4-5-9-15(14)22-16/h4-5,8-9H,3,6-7,10-13H2,1-2H3,(H,21,22)(H2,18,19,20). The fourth-order valence-electron chi connectivity index (χ4n) is 2.33. The van der Waals surface area contributed by atoms with Crippen LogP contribution in [0.2, 0.25) is 0 Å². The zero-order valence-electron chi connectivity index (χ0n) is 14.1. The zero-order chi connectivity index (χ0) is 16.3. The van der Waals surface area contributed by atoms with Crippen LogP contribution < -0.4 is 10.6 Å². The summed E-state index contributed by atoms with van der Waals surface area (Å²) in [4.78, 5) is 12.5. The molecule has 0 atom stereocenters. The van der Waals surface area contributed by atoms with Crippen molar-refractivity contribution in [3.63, 3.8) is 0 Å². The summed E-state index contributed by atoms with van der Waals surface area (Å²) >= 11 is 0. The van der Waals surface area contributed by atoms with E-state index in [1.807, 2.05) is 18.2 Å². The molecule has 3 N–H and O–H groups in total. The molecule has 126 valence electrons. The number of aryl methyl sites for hydroxylation is 1. The molecule has 2 aromatic rings. The van der Waals surface area contributed by atoms with Crippen molar-refractivity contribution in [2.45, 2.75) is 26.2 Å². The van der Waals surface area contributed by atoms with Gasteiger partial charge in [0.05, 0.1) is 11.0 Å². The van der Waals surface area contributed by atoms with E-state index in [0.29, 0.717) is 0 Å². The predicted octanol–water partition coefficient (Wildman–Crippen LogP) is 2.09. The molecule has 1 heterocycles. The number of ether oxygens (including phenoxy) is 1. The van der Waals surface area contributed by atoms with Crippen LogP contribution in [0.3, 0.4) is 0 Å². The first-order valence-electron chi connectivity index (χ1n) is 8.28. The van der Waals surface area contributed by atoms with Crippen LogP contribution in [0.25, 0.3) is 11.0 Å². The molecule has 6 nitrogen and oxygen atoms in total. The highest BCUT2D eigenvalue weighted by atomic mass is 16.5. The number of imidazole rings is 1. The molecule has 0 aliphatic rings. The minimum atomic E-state index is 0.762. The van der Waals surface area contributed by atoms with E-state index in [0.717, 1.165) is 68.3 Å². The molecular formula is C17H27N5O. The lowest BCUT2D eigenvalue weighted by atomic mass is 10.3. The van der Waals surface area contributed by atoms with Gasteiger partial charge in [0.15, 0.2) is 5.96 Å². The molecule has 0 spiro atoms. The Balaban J connectivity index is 1.76. The number of benzene rings is 1. The summed E-state index contributed by atoms with van der Waals surface area (Å²) in [5.74, 6) is 1.90. The molecule has 0 saturated carbocycles. The van der Waals surface area contributed by atoms with Gasteiger partial charge in [0.2, 0.25) is 0 Å². The van der Waals surface area contributed by atoms with Crippen LogP contribution in [0.4, 0.5) is 0 Å². The molecule has 0 aliphatic heterocycles. The van der Waals surface area contributed by atoms with E-state index in [1.54, 1.807) is 7.11 Å². The summed E-state index contributed by atoms with van der Waals surface area (Å²) in [6.07, 6.45) is 2.84. The van der Waals surface area contributed by atoms with Gasteiger partial charge in [-0.05, 0) is 31.9 Å². The average Bonchev–Trinajstić information content (AvgIpc) is 2.98. The first-order chi connectivity index (χ1) is 11.3. The van der Waals surface area contributed by atoms with Gasteiger partial charge in [0.1, 0.15) is 5.82 Å². The normalized spacial score (nSPS) is 11.8. The lowest BCUT2D eigenvalue weighted by Gasteiger charge is -2.10. The fourth-order valence-corrected chi connectivity index (χ4v) is 2.33.